The van der Waals surface area contributed by atoms with E-state index >= 15 is 0 Å². The summed E-state index contributed by atoms with van der Waals surface area (Å²) in [5, 5.41) is 80.3. The van der Waals surface area contributed by atoms with Crippen molar-refractivity contribution in [1.82, 2.24) is 5.32 Å². The molecule has 446 valence electrons. The normalized spacial score (nSPS) is 44.0. The SMILES string of the molecule is [B]C1CC(OP([O-])(=S)OCC2OC([B])CC2OP([O-])(=S)OCC2OC([B])CC2OP([O-])(=S)OCN=CC2(O)C(C)OC(OC3C(O)C(O)C(N=C(N)N)C(O)C3N=C(N)N)C2OC2OC(CO)C(O)C(O)C2NC)C(COC)O1. The molecule has 5 saturated heterocycles. The number of aliphatic hydroxyl groups is 7. The second kappa shape index (κ2) is 28.7. The Morgan fingerprint density at radius 2 is 1.15 bits per heavy atom. The minimum absolute atomic E-state index is 0.0561. The Morgan fingerprint density at radius 3 is 1.62 bits per heavy atom. The predicted octanol–water partition coefficient (Wildman–Crippen LogP) is -9.88. The van der Waals surface area contributed by atoms with Crippen molar-refractivity contribution < 1.29 is 115 Å². The fourth-order valence-electron chi connectivity index (χ4n) is 9.48. The number of ether oxygens (including phenoxy) is 8. The summed E-state index contributed by atoms with van der Waals surface area (Å²) in [6, 6.07) is -7.17. The fourth-order valence-corrected chi connectivity index (χ4v) is 13.7. The van der Waals surface area contributed by atoms with Crippen LogP contribution in [-0.2, 0) is 100 Å². The first-order valence-electron chi connectivity index (χ1n) is 24.3. The summed E-state index contributed by atoms with van der Waals surface area (Å²) in [6.45, 7) is -14.6. The van der Waals surface area contributed by atoms with E-state index < -0.39 is 205 Å². The number of methoxy groups -OCH3 is 1. The number of likely N-dealkylation sites (N-methyl/N-ethyl adjacent to an activating group) is 1. The third-order valence-corrected chi connectivity index (χ3v) is 18.0. The van der Waals surface area contributed by atoms with Crippen molar-refractivity contribution in [2.75, 3.05) is 47.3 Å². The first-order chi connectivity index (χ1) is 36.9. The van der Waals surface area contributed by atoms with Gasteiger partial charge >= 0.3 is 0 Å². The number of rotatable bonds is 26. The van der Waals surface area contributed by atoms with Crippen LogP contribution in [0.4, 0.5) is 0 Å². The summed E-state index contributed by atoms with van der Waals surface area (Å²) in [5.74, 6) is -1.17. The summed E-state index contributed by atoms with van der Waals surface area (Å²) in [4.78, 5) is 52.1. The summed E-state index contributed by atoms with van der Waals surface area (Å²) >= 11 is 15.4. The van der Waals surface area contributed by atoms with Gasteiger partial charge in [-0.3, -0.25) is 4.99 Å². The van der Waals surface area contributed by atoms with Gasteiger partial charge in [0, 0.05) is 31.3 Å². The molecular weight excluding hydrogens is 1170 g/mol. The van der Waals surface area contributed by atoms with Crippen LogP contribution in [0.25, 0.3) is 0 Å². The standard InChI is InChI=1S/C38H68B3N8O24P3S3/c1-13-38(56,33(70-34-26(46-2)30(54)27(51)17(7-50)68-34)35(64-13)69-32-25(49-37(44)45)28(52)24(48-36(42)43)29(53)31(32)55)11-47-12-63-76(59,79)73-16-6-23(41)67-20(16)10-62-75(58,78)72-15-5-22(40)66-19(15)9-61-74(57,77)71-14-4-21(39)65-18(14)8-60-3/h11,13-35,46,50-56H,4-10,12H2,1-3H3,(H,57,77)(H,58,78)(H,59,79)(H4,42,43,48)(H4,44,45,49)/p-3. The molecule has 32 nitrogen and oxygen atoms in total. The molecular formula is C38H65B3N8O24P3S3-3. The Kier molecular flexibility index (Phi) is 24.5. The minimum atomic E-state index is -4.58. The van der Waals surface area contributed by atoms with Gasteiger partial charge in [-0.2, -0.15) is 0 Å². The molecule has 1 aliphatic carbocycles. The topological polar surface area (TPSA) is 493 Å². The molecule has 0 spiro atoms. The van der Waals surface area contributed by atoms with E-state index in [1.54, 1.807) is 0 Å². The number of hydrogen-bond acceptors (Lipinski definition) is 31. The molecule has 27 unspecified atom stereocenters. The zero-order valence-electron chi connectivity index (χ0n) is 42.5. The summed E-state index contributed by atoms with van der Waals surface area (Å²) in [5.41, 5.74) is 19.9. The van der Waals surface area contributed by atoms with E-state index in [0.29, 0.717) is 0 Å². The van der Waals surface area contributed by atoms with Gasteiger partial charge < -0.3 is 144 Å². The summed E-state index contributed by atoms with van der Waals surface area (Å²) in [6.07, 6.45) is -24.2. The maximum Gasteiger partial charge on any atom is 0.188 e. The number of hydrogen-bond donors (Lipinski definition) is 12. The van der Waals surface area contributed by atoms with E-state index in [4.69, 9.17) is 147 Å². The predicted molar refractivity (Wildman–Crippen MR) is 280 cm³/mol. The molecule has 5 heterocycles. The van der Waals surface area contributed by atoms with E-state index in [1.165, 1.54) is 21.1 Å². The van der Waals surface area contributed by atoms with Crippen LogP contribution in [0, 0.1) is 0 Å². The zero-order chi connectivity index (χ0) is 58.5. The highest BCUT2D eigenvalue weighted by Crippen LogP contribution is 2.49. The number of aliphatic imine (C=N–C) groups is 3. The third-order valence-electron chi connectivity index (χ3n) is 13.3. The van der Waals surface area contributed by atoms with Crippen LogP contribution in [0.15, 0.2) is 15.0 Å². The molecule has 6 radical (unpaired) electrons. The molecule has 0 bridgehead atoms. The molecule has 6 fully saturated rings. The van der Waals surface area contributed by atoms with Gasteiger partial charge in [-0.15, -0.1) is 0 Å². The Bertz CT molecular complexity index is 2260. The Balaban J connectivity index is 1.11. The minimum Gasteiger partial charge on any atom is -0.780 e. The van der Waals surface area contributed by atoms with Gasteiger partial charge in [0.25, 0.3) is 0 Å². The van der Waals surface area contributed by atoms with Crippen molar-refractivity contribution in [3.05, 3.63) is 0 Å². The zero-order valence-corrected chi connectivity index (χ0v) is 47.7. The van der Waals surface area contributed by atoms with Gasteiger partial charge in [-0.05, 0) is 33.2 Å². The molecule has 16 N–H and O–H groups in total. The van der Waals surface area contributed by atoms with Gasteiger partial charge in [0.05, 0.1) is 56.9 Å². The Hall–Kier alpha value is -0.645. The molecule has 0 aromatic heterocycles. The molecule has 27 atom stereocenters. The van der Waals surface area contributed by atoms with Crippen LogP contribution in [0.5, 0.6) is 0 Å². The maximum atomic E-state index is 13.6. The highest BCUT2D eigenvalue weighted by Gasteiger charge is 2.60. The van der Waals surface area contributed by atoms with Crippen LogP contribution in [-0.4, -0.2) is 271 Å². The number of guanidine groups is 2. The van der Waals surface area contributed by atoms with E-state index in [0.717, 1.165) is 6.21 Å². The van der Waals surface area contributed by atoms with Gasteiger partial charge in [0.1, 0.15) is 130 Å². The van der Waals surface area contributed by atoms with Gasteiger partial charge in [0.15, 0.2) is 30.1 Å². The fraction of sp³-hybridized carbons (Fsp3) is 0.921. The van der Waals surface area contributed by atoms with Crippen LogP contribution in [0.2, 0.25) is 0 Å². The molecule has 0 aromatic carbocycles. The van der Waals surface area contributed by atoms with Crippen molar-refractivity contribution in [2.24, 2.45) is 37.9 Å². The largest absolute Gasteiger partial charge is 0.780 e. The van der Waals surface area contributed by atoms with Crippen LogP contribution < -0.4 is 42.9 Å². The van der Waals surface area contributed by atoms with Crippen molar-refractivity contribution in [3.63, 3.8) is 0 Å². The molecule has 5 aliphatic heterocycles. The van der Waals surface area contributed by atoms with Crippen LogP contribution in [0.1, 0.15) is 26.2 Å². The van der Waals surface area contributed by atoms with Crippen molar-refractivity contribution in [1.29, 1.82) is 0 Å². The third kappa shape index (κ3) is 17.5. The number of nitrogens with zero attached hydrogens (tertiary/aromatic N) is 3. The van der Waals surface area contributed by atoms with Crippen LogP contribution >= 0.6 is 20.2 Å². The van der Waals surface area contributed by atoms with Crippen LogP contribution in [0.3, 0.4) is 0 Å². The van der Waals surface area contributed by atoms with E-state index in [2.05, 4.69) is 20.3 Å². The molecule has 79 heavy (non-hydrogen) atoms. The van der Waals surface area contributed by atoms with Gasteiger partial charge in [0.2, 0.25) is 0 Å². The molecule has 0 aromatic rings. The second-order valence-corrected chi connectivity index (χ2v) is 27.1. The number of nitrogens with two attached hydrogens (primary N) is 4. The lowest BCUT2D eigenvalue weighted by Crippen LogP contribution is -2.66. The number of nitrogens with one attached hydrogen (secondary N) is 1. The van der Waals surface area contributed by atoms with Gasteiger partial charge in [-0.1, -0.05) is 35.4 Å². The summed E-state index contributed by atoms with van der Waals surface area (Å²) in [7, 11) is 20.7. The Morgan fingerprint density at radius 1 is 0.671 bits per heavy atom. The monoisotopic (exact) mass is 1240 g/mol. The second-order valence-electron chi connectivity index (χ2n) is 19.0. The molecule has 0 amide bonds. The summed E-state index contributed by atoms with van der Waals surface area (Å²) < 4.78 is 79.0. The molecule has 41 heteroatoms. The lowest BCUT2D eigenvalue weighted by molar-refractivity contribution is -0.313. The lowest BCUT2D eigenvalue weighted by Gasteiger charge is -2.45. The van der Waals surface area contributed by atoms with E-state index in [1.807, 2.05) is 0 Å². The lowest BCUT2D eigenvalue weighted by atomic mass is 9.81. The first kappa shape index (κ1) is 67.5. The molecule has 6 rings (SSSR count). The quantitative estimate of drug-likeness (QED) is 0.0166. The molecule has 6 aliphatic rings. The highest BCUT2D eigenvalue weighted by atomic mass is 32.5. The van der Waals surface area contributed by atoms with E-state index in [-0.39, 0.29) is 25.9 Å². The van der Waals surface area contributed by atoms with E-state index in [9.17, 15) is 50.4 Å². The Labute approximate surface area is 473 Å². The smallest absolute Gasteiger partial charge is 0.188 e. The van der Waals surface area contributed by atoms with Crippen molar-refractivity contribution in [3.8, 4) is 0 Å². The maximum absolute atomic E-state index is 13.6. The average molecular weight is 1240 g/mol. The molecule has 1 saturated carbocycles. The van der Waals surface area contributed by atoms with Crippen molar-refractivity contribution >= 4 is 97.2 Å². The van der Waals surface area contributed by atoms with Crippen molar-refractivity contribution in [2.45, 2.75) is 172 Å². The van der Waals surface area contributed by atoms with Gasteiger partial charge in [-0.25, -0.2) is 9.98 Å². The average Bonchev–Trinajstić information content (AvgIpc) is 4.12. The first-order valence-corrected chi connectivity index (χ1v) is 31.9. The number of aliphatic hydroxyl groups excluding tert-OH is 6. The highest BCUT2D eigenvalue weighted by molar-refractivity contribution is 8.07.